The van der Waals surface area contributed by atoms with E-state index in [-0.39, 0.29) is 5.91 Å². The fourth-order valence-electron chi connectivity index (χ4n) is 3.26. The van der Waals surface area contributed by atoms with Crippen molar-refractivity contribution in [3.8, 4) is 0 Å². The number of rotatable bonds is 6. The average molecular weight is 359 g/mol. The van der Waals surface area contributed by atoms with Gasteiger partial charge in [-0.25, -0.2) is 0 Å². The van der Waals surface area contributed by atoms with E-state index in [0.29, 0.717) is 19.5 Å². The van der Waals surface area contributed by atoms with Crippen LogP contribution in [0.5, 0.6) is 0 Å². The third-order valence-electron chi connectivity index (χ3n) is 4.53. The highest BCUT2D eigenvalue weighted by atomic mass is 16.1. The van der Waals surface area contributed by atoms with Crippen LogP contribution >= 0.6 is 0 Å². The van der Waals surface area contributed by atoms with Gasteiger partial charge in [-0.3, -0.25) is 14.2 Å². The first-order valence-electron chi connectivity index (χ1n) is 8.96. The molecule has 0 aliphatic heterocycles. The molecule has 6 nitrogen and oxygen atoms in total. The minimum atomic E-state index is -0.0246. The van der Waals surface area contributed by atoms with Crippen molar-refractivity contribution < 1.29 is 4.79 Å². The number of hydrogen-bond donors (Lipinski definition) is 1. The highest BCUT2D eigenvalue weighted by molar-refractivity contribution is 5.91. The number of carbonyl (C=O) groups is 1. The number of nitrogens with one attached hydrogen (secondary N) is 1. The molecule has 0 saturated heterocycles. The Kier molecular flexibility index (Phi) is 4.70. The summed E-state index contributed by atoms with van der Waals surface area (Å²) in [6.45, 7) is 3.29. The monoisotopic (exact) mass is 359 g/mol. The molecule has 0 spiro atoms. The van der Waals surface area contributed by atoms with Crippen LogP contribution in [0.4, 0.5) is 5.69 Å². The van der Waals surface area contributed by atoms with Crippen molar-refractivity contribution in [1.29, 1.82) is 0 Å². The molecule has 0 bridgehead atoms. The fourth-order valence-corrected chi connectivity index (χ4v) is 3.26. The van der Waals surface area contributed by atoms with Crippen molar-refractivity contribution in [2.45, 2.75) is 26.4 Å². The van der Waals surface area contributed by atoms with Gasteiger partial charge < -0.3 is 5.32 Å². The summed E-state index contributed by atoms with van der Waals surface area (Å²) in [6, 6.07) is 15.9. The minimum Gasteiger partial charge on any atom is -0.326 e. The SMILES string of the molecule is Cc1cccc2cnn(CCC(=O)Nc3cccc(Cn4cccn4)c3)c12. The van der Waals surface area contributed by atoms with Crippen molar-refractivity contribution in [2.75, 3.05) is 5.32 Å². The Hall–Kier alpha value is -3.41. The number of amides is 1. The van der Waals surface area contributed by atoms with E-state index in [2.05, 4.69) is 28.5 Å². The lowest BCUT2D eigenvalue weighted by molar-refractivity contribution is -0.116. The minimum absolute atomic E-state index is 0.0246. The summed E-state index contributed by atoms with van der Waals surface area (Å²) in [4.78, 5) is 12.4. The second-order valence-corrected chi connectivity index (χ2v) is 6.58. The van der Waals surface area contributed by atoms with Gasteiger partial charge in [-0.15, -0.1) is 0 Å². The van der Waals surface area contributed by atoms with Gasteiger partial charge in [-0.2, -0.15) is 10.2 Å². The Bertz CT molecular complexity index is 1070. The number of hydrogen-bond acceptors (Lipinski definition) is 3. The van der Waals surface area contributed by atoms with Crippen molar-refractivity contribution in [2.24, 2.45) is 0 Å². The van der Waals surface area contributed by atoms with Gasteiger partial charge in [0.25, 0.3) is 0 Å². The van der Waals surface area contributed by atoms with Gasteiger partial charge in [0.2, 0.25) is 5.91 Å². The number of nitrogens with zero attached hydrogens (tertiary/aromatic N) is 4. The normalized spacial score (nSPS) is 11.0. The lowest BCUT2D eigenvalue weighted by Crippen LogP contribution is -2.15. The first-order chi connectivity index (χ1) is 13.2. The molecule has 0 fully saturated rings. The van der Waals surface area contributed by atoms with E-state index in [1.165, 1.54) is 0 Å². The van der Waals surface area contributed by atoms with Gasteiger partial charge in [-0.05, 0) is 36.2 Å². The van der Waals surface area contributed by atoms with Gasteiger partial charge in [0.05, 0.1) is 24.8 Å². The Morgan fingerprint density at radius 1 is 1.11 bits per heavy atom. The Labute approximate surface area is 157 Å². The summed E-state index contributed by atoms with van der Waals surface area (Å²) < 4.78 is 3.75. The maximum atomic E-state index is 12.4. The average Bonchev–Trinajstić information content (AvgIpc) is 3.31. The number of aryl methyl sites for hydroxylation is 2. The number of fused-ring (bicyclic) bond motifs is 1. The molecule has 0 saturated carbocycles. The number of aromatic nitrogens is 4. The molecule has 4 aromatic rings. The van der Waals surface area contributed by atoms with Gasteiger partial charge in [-0.1, -0.05) is 30.3 Å². The molecule has 0 unspecified atom stereocenters. The second-order valence-electron chi connectivity index (χ2n) is 6.58. The molecule has 0 aliphatic rings. The summed E-state index contributed by atoms with van der Waals surface area (Å²) in [5.41, 5.74) is 4.14. The topological polar surface area (TPSA) is 64.7 Å². The van der Waals surface area contributed by atoms with Crippen LogP contribution in [0.2, 0.25) is 0 Å². The molecule has 6 heteroatoms. The third-order valence-corrected chi connectivity index (χ3v) is 4.53. The number of anilines is 1. The lowest BCUT2D eigenvalue weighted by Gasteiger charge is -2.09. The second kappa shape index (κ2) is 7.45. The highest BCUT2D eigenvalue weighted by Crippen LogP contribution is 2.18. The summed E-state index contributed by atoms with van der Waals surface area (Å²) in [7, 11) is 0. The molecule has 0 aliphatic carbocycles. The summed E-state index contributed by atoms with van der Waals surface area (Å²) in [6.07, 6.45) is 5.89. The van der Waals surface area contributed by atoms with Crippen LogP contribution in [0.3, 0.4) is 0 Å². The lowest BCUT2D eigenvalue weighted by atomic mass is 10.2. The zero-order valence-electron chi connectivity index (χ0n) is 15.2. The summed E-state index contributed by atoms with van der Waals surface area (Å²) in [5, 5.41) is 12.7. The molecular formula is C21H21N5O. The van der Waals surface area contributed by atoms with Crippen molar-refractivity contribution in [3.63, 3.8) is 0 Å². The quantitative estimate of drug-likeness (QED) is 0.572. The molecular weight excluding hydrogens is 338 g/mol. The molecule has 0 atom stereocenters. The third kappa shape index (κ3) is 3.89. The largest absolute Gasteiger partial charge is 0.326 e. The molecule has 2 aromatic heterocycles. The van der Waals surface area contributed by atoms with E-state index >= 15 is 0 Å². The molecule has 1 N–H and O–H groups in total. The van der Waals surface area contributed by atoms with E-state index in [9.17, 15) is 4.79 Å². The van der Waals surface area contributed by atoms with E-state index in [0.717, 1.165) is 27.7 Å². The fraction of sp³-hybridized carbons (Fsp3) is 0.190. The van der Waals surface area contributed by atoms with Crippen LogP contribution in [0, 0.1) is 6.92 Å². The standard InChI is InChI=1S/C21H21N5O/c1-16-5-2-7-18-14-23-26(21(16)18)12-9-20(27)24-19-8-3-6-17(13-19)15-25-11-4-10-22-25/h2-8,10-11,13-14H,9,12,15H2,1H3,(H,24,27). The van der Waals surface area contributed by atoms with Gasteiger partial charge >= 0.3 is 0 Å². The number of para-hydroxylation sites is 1. The van der Waals surface area contributed by atoms with Gasteiger partial charge in [0.15, 0.2) is 0 Å². The Balaban J connectivity index is 1.39. The van der Waals surface area contributed by atoms with E-state index in [1.807, 2.05) is 64.2 Å². The van der Waals surface area contributed by atoms with Crippen LogP contribution in [0.1, 0.15) is 17.5 Å². The van der Waals surface area contributed by atoms with Crippen LogP contribution in [0.15, 0.2) is 67.1 Å². The Morgan fingerprint density at radius 2 is 2.00 bits per heavy atom. The molecule has 0 radical (unpaired) electrons. The van der Waals surface area contributed by atoms with Crippen LogP contribution in [-0.2, 0) is 17.9 Å². The first-order valence-corrected chi connectivity index (χ1v) is 8.96. The molecule has 2 aromatic carbocycles. The van der Waals surface area contributed by atoms with E-state index < -0.39 is 0 Å². The molecule has 27 heavy (non-hydrogen) atoms. The van der Waals surface area contributed by atoms with E-state index in [4.69, 9.17) is 0 Å². The van der Waals surface area contributed by atoms with Crippen LogP contribution in [-0.4, -0.2) is 25.5 Å². The number of benzene rings is 2. The van der Waals surface area contributed by atoms with Crippen molar-refractivity contribution in [3.05, 3.63) is 78.2 Å². The summed E-state index contributed by atoms with van der Waals surface area (Å²) >= 11 is 0. The van der Waals surface area contributed by atoms with Gasteiger partial charge in [0, 0.05) is 29.9 Å². The maximum absolute atomic E-state index is 12.4. The predicted octanol–water partition coefficient (Wildman–Crippen LogP) is 3.62. The van der Waals surface area contributed by atoms with Crippen LogP contribution in [0.25, 0.3) is 10.9 Å². The number of carbonyl (C=O) groups excluding carboxylic acids is 1. The Morgan fingerprint density at radius 3 is 2.85 bits per heavy atom. The maximum Gasteiger partial charge on any atom is 0.226 e. The summed E-state index contributed by atoms with van der Waals surface area (Å²) in [5.74, 6) is -0.0246. The smallest absolute Gasteiger partial charge is 0.226 e. The van der Waals surface area contributed by atoms with Crippen molar-refractivity contribution in [1.82, 2.24) is 19.6 Å². The molecule has 2 heterocycles. The zero-order valence-corrected chi connectivity index (χ0v) is 15.2. The van der Waals surface area contributed by atoms with E-state index in [1.54, 1.807) is 6.20 Å². The molecule has 4 rings (SSSR count). The van der Waals surface area contributed by atoms with Crippen LogP contribution < -0.4 is 5.32 Å². The molecule has 1 amide bonds. The highest BCUT2D eigenvalue weighted by Gasteiger charge is 2.08. The molecule has 136 valence electrons. The first kappa shape index (κ1) is 17.0. The van der Waals surface area contributed by atoms with Crippen molar-refractivity contribution >= 4 is 22.5 Å². The zero-order chi connectivity index (χ0) is 18.6. The predicted molar refractivity (Wildman–Crippen MR) is 105 cm³/mol. The van der Waals surface area contributed by atoms with Gasteiger partial charge in [0.1, 0.15) is 0 Å².